The number of aryl methyl sites for hydroxylation is 1. The van der Waals surface area contributed by atoms with E-state index in [4.69, 9.17) is 4.74 Å². The van der Waals surface area contributed by atoms with Gasteiger partial charge in [-0.1, -0.05) is 37.8 Å². The van der Waals surface area contributed by atoms with Crippen molar-refractivity contribution in [3.8, 4) is 0 Å². The molecule has 0 fully saturated rings. The van der Waals surface area contributed by atoms with Gasteiger partial charge < -0.3 is 10.5 Å². The van der Waals surface area contributed by atoms with Crippen LogP contribution in [0.4, 0.5) is 0 Å². The fourth-order valence-electron chi connectivity index (χ4n) is 1.92. The van der Waals surface area contributed by atoms with E-state index < -0.39 is 15.2 Å². The summed E-state index contributed by atoms with van der Waals surface area (Å²) in [4.78, 5) is 0.273. The number of rotatable bonds is 7. The van der Waals surface area contributed by atoms with Crippen molar-refractivity contribution in [3.05, 3.63) is 54.3 Å². The van der Waals surface area contributed by atoms with Crippen LogP contribution in [0.1, 0.15) is 19.4 Å². The first-order chi connectivity index (χ1) is 9.71. The Bertz CT molecular complexity index is 617. The molecule has 5 heteroatoms. The standard InChI is InChI=1S/C16H23NO3S/c1-6-20-14(5)12(3)13(4)16(17)21(18,19)15-9-7-11(2)8-10-15/h7-10,13,16H,3,5-6,17H2,1-2,4H3/p+1. The van der Waals surface area contributed by atoms with Gasteiger partial charge in [-0.2, -0.15) is 0 Å². The van der Waals surface area contributed by atoms with Crippen LogP contribution in [-0.4, -0.2) is 20.4 Å². The quantitative estimate of drug-likeness (QED) is 0.619. The maximum atomic E-state index is 12.6. The summed E-state index contributed by atoms with van der Waals surface area (Å²) in [6.07, 6.45) is 0. The molecule has 116 valence electrons. The van der Waals surface area contributed by atoms with Crippen LogP contribution in [0.15, 0.2) is 53.7 Å². The Morgan fingerprint density at radius 3 is 2.29 bits per heavy atom. The highest BCUT2D eigenvalue weighted by molar-refractivity contribution is 7.91. The van der Waals surface area contributed by atoms with E-state index in [9.17, 15) is 8.42 Å². The molecule has 1 aromatic carbocycles. The van der Waals surface area contributed by atoms with Gasteiger partial charge in [-0.15, -0.1) is 0 Å². The molecule has 3 N–H and O–H groups in total. The number of quaternary nitrogens is 1. The molecule has 0 amide bonds. The lowest BCUT2D eigenvalue weighted by Gasteiger charge is -2.21. The highest BCUT2D eigenvalue weighted by atomic mass is 32.2. The van der Waals surface area contributed by atoms with Gasteiger partial charge in [-0.05, 0) is 31.6 Å². The molecule has 0 aliphatic heterocycles. The molecule has 21 heavy (non-hydrogen) atoms. The molecule has 0 spiro atoms. The Labute approximate surface area is 127 Å². The SMILES string of the molecule is C=C(OCC)C(=C)C(C)C([NH3+])S(=O)(=O)c1ccc(C)cc1. The lowest BCUT2D eigenvalue weighted by molar-refractivity contribution is -0.397. The van der Waals surface area contributed by atoms with Gasteiger partial charge in [0.1, 0.15) is 5.76 Å². The van der Waals surface area contributed by atoms with Crippen LogP contribution < -0.4 is 5.73 Å². The van der Waals surface area contributed by atoms with Gasteiger partial charge in [0.2, 0.25) is 9.84 Å². The Hall–Kier alpha value is -1.59. The van der Waals surface area contributed by atoms with E-state index in [0.717, 1.165) is 5.56 Å². The summed E-state index contributed by atoms with van der Waals surface area (Å²) in [5.41, 5.74) is 5.40. The minimum Gasteiger partial charge on any atom is -0.494 e. The van der Waals surface area contributed by atoms with Crippen LogP contribution in [0.25, 0.3) is 0 Å². The van der Waals surface area contributed by atoms with E-state index in [1.54, 1.807) is 31.2 Å². The monoisotopic (exact) mass is 310 g/mol. The first-order valence-corrected chi connectivity index (χ1v) is 8.41. The first kappa shape index (κ1) is 17.5. The third-order valence-corrected chi connectivity index (χ3v) is 5.67. The topological polar surface area (TPSA) is 71.0 Å². The summed E-state index contributed by atoms with van der Waals surface area (Å²) in [5.74, 6) is 0.0353. The number of benzene rings is 1. The Morgan fingerprint density at radius 1 is 1.29 bits per heavy atom. The summed E-state index contributed by atoms with van der Waals surface area (Å²) in [6, 6.07) is 6.77. The molecule has 0 heterocycles. The molecular weight excluding hydrogens is 286 g/mol. The predicted molar refractivity (Wildman–Crippen MR) is 84.1 cm³/mol. The average molecular weight is 310 g/mol. The van der Waals surface area contributed by atoms with Gasteiger partial charge >= 0.3 is 0 Å². The van der Waals surface area contributed by atoms with E-state index in [0.29, 0.717) is 17.9 Å². The number of hydrogen-bond donors (Lipinski definition) is 1. The molecule has 1 aromatic rings. The van der Waals surface area contributed by atoms with Crippen molar-refractivity contribution in [2.75, 3.05) is 6.61 Å². The number of ether oxygens (including phenoxy) is 1. The van der Waals surface area contributed by atoms with Crippen molar-refractivity contribution in [3.63, 3.8) is 0 Å². The molecule has 0 aliphatic rings. The van der Waals surface area contributed by atoms with Crippen molar-refractivity contribution in [1.82, 2.24) is 0 Å². The smallest absolute Gasteiger partial charge is 0.231 e. The highest BCUT2D eigenvalue weighted by Gasteiger charge is 2.34. The molecule has 0 bridgehead atoms. The molecule has 0 aromatic heterocycles. The zero-order valence-corrected chi connectivity index (χ0v) is 13.7. The van der Waals surface area contributed by atoms with Gasteiger partial charge in [-0.3, -0.25) is 0 Å². The molecule has 1 rings (SSSR count). The van der Waals surface area contributed by atoms with Crippen LogP contribution in [-0.2, 0) is 14.6 Å². The first-order valence-electron chi connectivity index (χ1n) is 6.86. The van der Waals surface area contributed by atoms with Crippen LogP contribution >= 0.6 is 0 Å². The van der Waals surface area contributed by atoms with Gasteiger partial charge in [-0.25, -0.2) is 8.42 Å². The minimum atomic E-state index is -3.52. The zero-order valence-electron chi connectivity index (χ0n) is 12.9. The summed E-state index contributed by atoms with van der Waals surface area (Å²) in [5, 5.41) is -0.843. The fourth-order valence-corrected chi connectivity index (χ4v) is 3.48. The Kier molecular flexibility index (Phi) is 5.75. The van der Waals surface area contributed by atoms with Crippen LogP contribution in [0.5, 0.6) is 0 Å². The number of hydrogen-bond acceptors (Lipinski definition) is 3. The average Bonchev–Trinajstić information content (AvgIpc) is 2.45. The normalized spacial score (nSPS) is 14.3. The van der Waals surface area contributed by atoms with Crippen molar-refractivity contribution < 1.29 is 18.9 Å². The molecule has 0 aliphatic carbocycles. The fraction of sp³-hybridized carbons (Fsp3) is 0.375. The van der Waals surface area contributed by atoms with Gasteiger partial charge in [0.15, 0.2) is 5.37 Å². The molecule has 0 saturated heterocycles. The maximum Gasteiger partial charge on any atom is 0.231 e. The summed E-state index contributed by atoms with van der Waals surface area (Å²) in [7, 11) is -3.52. The number of sulfone groups is 1. The second-order valence-corrected chi connectivity index (χ2v) is 7.23. The van der Waals surface area contributed by atoms with Gasteiger partial charge in [0.25, 0.3) is 0 Å². The highest BCUT2D eigenvalue weighted by Crippen LogP contribution is 2.25. The molecule has 2 atom stereocenters. The van der Waals surface area contributed by atoms with E-state index in [-0.39, 0.29) is 10.8 Å². The van der Waals surface area contributed by atoms with Crippen LogP contribution in [0, 0.1) is 12.8 Å². The van der Waals surface area contributed by atoms with E-state index in [1.807, 2.05) is 13.8 Å². The Morgan fingerprint density at radius 2 is 1.81 bits per heavy atom. The van der Waals surface area contributed by atoms with Gasteiger partial charge in [0.05, 0.1) is 17.4 Å². The summed E-state index contributed by atoms with van der Waals surface area (Å²) in [6.45, 7) is 13.7. The Balaban J connectivity index is 3.00. The van der Waals surface area contributed by atoms with Crippen LogP contribution in [0.2, 0.25) is 0 Å². The maximum absolute atomic E-state index is 12.6. The molecule has 0 saturated carbocycles. The summed E-state index contributed by atoms with van der Waals surface area (Å²) < 4.78 is 30.5. The second-order valence-electron chi connectivity index (χ2n) is 5.07. The van der Waals surface area contributed by atoms with E-state index >= 15 is 0 Å². The van der Waals surface area contributed by atoms with Crippen molar-refractivity contribution >= 4 is 9.84 Å². The number of allylic oxidation sites excluding steroid dienone is 1. The largest absolute Gasteiger partial charge is 0.494 e. The van der Waals surface area contributed by atoms with E-state index in [2.05, 4.69) is 18.9 Å². The summed E-state index contributed by atoms with van der Waals surface area (Å²) >= 11 is 0. The van der Waals surface area contributed by atoms with Crippen molar-refractivity contribution in [2.45, 2.75) is 31.0 Å². The van der Waals surface area contributed by atoms with Crippen molar-refractivity contribution in [1.29, 1.82) is 0 Å². The lowest BCUT2D eigenvalue weighted by Crippen LogP contribution is -2.67. The zero-order chi connectivity index (χ0) is 16.2. The predicted octanol–water partition coefficient (Wildman–Crippen LogP) is 2.08. The van der Waals surface area contributed by atoms with E-state index in [1.165, 1.54) is 0 Å². The molecule has 2 unspecified atom stereocenters. The molecule has 4 nitrogen and oxygen atoms in total. The third-order valence-electron chi connectivity index (χ3n) is 3.53. The molecule has 0 radical (unpaired) electrons. The molecular formula is C16H24NO3S+. The second kappa shape index (κ2) is 6.91. The van der Waals surface area contributed by atoms with Crippen molar-refractivity contribution in [2.24, 2.45) is 5.92 Å². The minimum absolute atomic E-state index is 0.273. The lowest BCUT2D eigenvalue weighted by atomic mass is 10.0. The third kappa shape index (κ3) is 3.95. The van der Waals surface area contributed by atoms with Gasteiger partial charge in [0, 0.05) is 0 Å². The van der Waals surface area contributed by atoms with Crippen LogP contribution in [0.3, 0.4) is 0 Å².